The maximum atomic E-state index is 11.4. The molecule has 0 amide bonds. The first-order valence-electron chi connectivity index (χ1n) is 7.75. The zero-order chi connectivity index (χ0) is 17.3. The third kappa shape index (κ3) is 2.95. The third-order valence-corrected chi connectivity index (χ3v) is 3.91. The molecule has 6 nitrogen and oxygen atoms in total. The number of aryl methyl sites for hydroxylation is 1. The van der Waals surface area contributed by atoms with Gasteiger partial charge in [0.25, 0.3) is 0 Å². The van der Waals surface area contributed by atoms with Gasteiger partial charge in [0.2, 0.25) is 0 Å². The van der Waals surface area contributed by atoms with Crippen molar-refractivity contribution in [1.82, 2.24) is 15.0 Å². The SMILES string of the molecule is CC(C)C(Oc1ccccc1-c1ccc2nnn(C)c2c1)C(=O)O. The number of aromatic nitrogens is 3. The summed E-state index contributed by atoms with van der Waals surface area (Å²) in [6.07, 6.45) is -0.895. The molecular formula is C18H19N3O3. The van der Waals surface area contributed by atoms with Crippen LogP contribution >= 0.6 is 0 Å². The summed E-state index contributed by atoms with van der Waals surface area (Å²) in [7, 11) is 1.83. The Labute approximate surface area is 139 Å². The number of carboxylic acid groups (broad SMARTS) is 1. The van der Waals surface area contributed by atoms with Crippen LogP contribution in [-0.4, -0.2) is 32.2 Å². The van der Waals surface area contributed by atoms with Gasteiger partial charge in [-0.05, 0) is 23.8 Å². The van der Waals surface area contributed by atoms with E-state index >= 15 is 0 Å². The van der Waals surface area contributed by atoms with Crippen molar-refractivity contribution in [2.75, 3.05) is 0 Å². The van der Waals surface area contributed by atoms with Crippen LogP contribution in [0, 0.1) is 5.92 Å². The summed E-state index contributed by atoms with van der Waals surface area (Å²) in [6.45, 7) is 3.66. The molecule has 0 aliphatic heterocycles. The second-order valence-electron chi connectivity index (χ2n) is 6.03. The number of aliphatic carboxylic acids is 1. The van der Waals surface area contributed by atoms with Crippen LogP contribution in [0.5, 0.6) is 5.75 Å². The van der Waals surface area contributed by atoms with Gasteiger partial charge >= 0.3 is 5.97 Å². The highest BCUT2D eigenvalue weighted by Crippen LogP contribution is 2.32. The Morgan fingerprint density at radius 1 is 1.21 bits per heavy atom. The standard InChI is InChI=1S/C18H19N3O3/c1-11(2)17(18(22)23)24-16-7-5-4-6-13(16)12-8-9-14-15(10-12)21(3)20-19-14/h4-11,17H,1-3H3,(H,22,23). The molecule has 0 radical (unpaired) electrons. The number of nitrogens with zero attached hydrogens (tertiary/aromatic N) is 3. The summed E-state index contributed by atoms with van der Waals surface area (Å²) in [5.74, 6) is -0.557. The van der Waals surface area contributed by atoms with E-state index in [2.05, 4.69) is 10.3 Å². The molecule has 6 heteroatoms. The number of carboxylic acids is 1. The molecule has 0 spiro atoms. The molecule has 124 valence electrons. The zero-order valence-corrected chi connectivity index (χ0v) is 13.8. The first-order valence-corrected chi connectivity index (χ1v) is 7.75. The quantitative estimate of drug-likeness (QED) is 0.780. The molecular weight excluding hydrogens is 306 g/mol. The van der Waals surface area contributed by atoms with Gasteiger partial charge in [0.1, 0.15) is 11.3 Å². The second kappa shape index (κ2) is 6.31. The Morgan fingerprint density at radius 2 is 1.96 bits per heavy atom. The van der Waals surface area contributed by atoms with Gasteiger partial charge in [-0.1, -0.05) is 43.3 Å². The number of para-hydroxylation sites is 1. The lowest BCUT2D eigenvalue weighted by Crippen LogP contribution is -2.32. The Hall–Kier alpha value is -2.89. The maximum Gasteiger partial charge on any atom is 0.345 e. The van der Waals surface area contributed by atoms with Gasteiger partial charge in [-0.3, -0.25) is 0 Å². The van der Waals surface area contributed by atoms with E-state index in [4.69, 9.17) is 4.74 Å². The van der Waals surface area contributed by atoms with Gasteiger partial charge < -0.3 is 9.84 Å². The summed E-state index contributed by atoms with van der Waals surface area (Å²) < 4.78 is 7.51. The fourth-order valence-electron chi connectivity index (χ4n) is 2.61. The molecule has 0 bridgehead atoms. The molecule has 1 aromatic heterocycles. The van der Waals surface area contributed by atoms with Gasteiger partial charge in [-0.2, -0.15) is 0 Å². The number of hydrogen-bond donors (Lipinski definition) is 1. The van der Waals surface area contributed by atoms with Crippen LogP contribution in [0.2, 0.25) is 0 Å². The summed E-state index contributed by atoms with van der Waals surface area (Å²) in [6, 6.07) is 13.2. The summed E-state index contributed by atoms with van der Waals surface area (Å²) in [4.78, 5) is 11.4. The largest absolute Gasteiger partial charge is 0.478 e. The van der Waals surface area contributed by atoms with E-state index in [1.807, 2.05) is 57.3 Å². The van der Waals surface area contributed by atoms with E-state index in [0.717, 1.165) is 22.2 Å². The van der Waals surface area contributed by atoms with Crippen LogP contribution in [0.25, 0.3) is 22.2 Å². The van der Waals surface area contributed by atoms with Gasteiger partial charge in [0, 0.05) is 18.5 Å². The van der Waals surface area contributed by atoms with Crippen LogP contribution in [-0.2, 0) is 11.8 Å². The van der Waals surface area contributed by atoms with Crippen molar-refractivity contribution in [3.8, 4) is 16.9 Å². The molecule has 1 unspecified atom stereocenters. The van der Waals surface area contributed by atoms with Crippen LogP contribution in [0.15, 0.2) is 42.5 Å². The molecule has 0 fully saturated rings. The first-order chi connectivity index (χ1) is 11.5. The lowest BCUT2D eigenvalue weighted by molar-refractivity contribution is -0.147. The Kier molecular flexibility index (Phi) is 4.20. The highest BCUT2D eigenvalue weighted by Gasteiger charge is 2.24. The molecule has 3 rings (SSSR count). The fraction of sp³-hybridized carbons (Fsp3) is 0.278. The van der Waals surface area contributed by atoms with Crippen molar-refractivity contribution in [2.24, 2.45) is 13.0 Å². The molecule has 3 aromatic rings. The predicted octanol–water partition coefficient (Wildman–Crippen LogP) is 3.12. The highest BCUT2D eigenvalue weighted by molar-refractivity contribution is 5.83. The molecule has 0 saturated carbocycles. The number of carbonyl (C=O) groups is 1. The van der Waals surface area contributed by atoms with Crippen LogP contribution in [0.1, 0.15) is 13.8 Å². The van der Waals surface area contributed by atoms with Crippen molar-refractivity contribution in [3.05, 3.63) is 42.5 Å². The molecule has 1 atom stereocenters. The van der Waals surface area contributed by atoms with Crippen molar-refractivity contribution in [3.63, 3.8) is 0 Å². The van der Waals surface area contributed by atoms with E-state index in [1.54, 1.807) is 10.7 Å². The Morgan fingerprint density at radius 3 is 2.67 bits per heavy atom. The minimum atomic E-state index is -0.967. The summed E-state index contributed by atoms with van der Waals surface area (Å²) >= 11 is 0. The highest BCUT2D eigenvalue weighted by atomic mass is 16.5. The van der Waals surface area contributed by atoms with Crippen molar-refractivity contribution < 1.29 is 14.6 Å². The molecule has 1 heterocycles. The van der Waals surface area contributed by atoms with Gasteiger partial charge in [-0.15, -0.1) is 5.10 Å². The summed E-state index contributed by atoms with van der Waals surface area (Å²) in [5.41, 5.74) is 3.48. The second-order valence-corrected chi connectivity index (χ2v) is 6.03. The number of benzene rings is 2. The summed E-state index contributed by atoms with van der Waals surface area (Å²) in [5, 5.41) is 17.5. The average Bonchev–Trinajstić information content (AvgIpc) is 2.93. The molecule has 0 aliphatic carbocycles. The molecule has 1 N–H and O–H groups in total. The number of ether oxygens (including phenoxy) is 1. The smallest absolute Gasteiger partial charge is 0.345 e. The Balaban J connectivity index is 2.04. The number of hydrogen-bond acceptors (Lipinski definition) is 4. The molecule has 2 aromatic carbocycles. The predicted molar refractivity (Wildman–Crippen MR) is 90.8 cm³/mol. The zero-order valence-electron chi connectivity index (χ0n) is 13.8. The van der Waals surface area contributed by atoms with E-state index in [-0.39, 0.29) is 5.92 Å². The molecule has 0 aliphatic rings. The van der Waals surface area contributed by atoms with Crippen molar-refractivity contribution in [2.45, 2.75) is 20.0 Å². The van der Waals surface area contributed by atoms with E-state index in [1.165, 1.54) is 0 Å². The molecule has 0 saturated heterocycles. The topological polar surface area (TPSA) is 77.2 Å². The minimum Gasteiger partial charge on any atom is -0.478 e. The number of rotatable bonds is 5. The monoisotopic (exact) mass is 325 g/mol. The van der Waals surface area contributed by atoms with Gasteiger partial charge in [0.05, 0.1) is 5.52 Å². The first kappa shape index (κ1) is 16.0. The van der Waals surface area contributed by atoms with Gasteiger partial charge in [-0.25, -0.2) is 9.48 Å². The number of fused-ring (bicyclic) bond motifs is 1. The average molecular weight is 325 g/mol. The lowest BCUT2D eigenvalue weighted by Gasteiger charge is -2.20. The minimum absolute atomic E-state index is 0.140. The van der Waals surface area contributed by atoms with Crippen molar-refractivity contribution >= 4 is 17.0 Å². The van der Waals surface area contributed by atoms with Gasteiger partial charge in [0.15, 0.2) is 6.10 Å². The Bertz CT molecular complexity index is 886. The van der Waals surface area contributed by atoms with Crippen LogP contribution in [0.3, 0.4) is 0 Å². The van der Waals surface area contributed by atoms with Crippen LogP contribution < -0.4 is 4.74 Å². The third-order valence-electron chi connectivity index (χ3n) is 3.91. The van der Waals surface area contributed by atoms with Crippen molar-refractivity contribution in [1.29, 1.82) is 0 Å². The normalized spacial score (nSPS) is 12.5. The lowest BCUT2D eigenvalue weighted by atomic mass is 10.0. The molecule has 24 heavy (non-hydrogen) atoms. The maximum absolute atomic E-state index is 11.4. The van der Waals surface area contributed by atoms with E-state index in [9.17, 15) is 9.90 Å². The fourth-order valence-corrected chi connectivity index (χ4v) is 2.61. The van der Waals surface area contributed by atoms with E-state index < -0.39 is 12.1 Å². The van der Waals surface area contributed by atoms with E-state index in [0.29, 0.717) is 5.75 Å². The van der Waals surface area contributed by atoms with Crippen LogP contribution in [0.4, 0.5) is 0 Å².